The molecule has 1 amide bonds. The van der Waals surface area contributed by atoms with E-state index in [9.17, 15) is 9.59 Å². The van der Waals surface area contributed by atoms with Crippen molar-refractivity contribution in [2.75, 3.05) is 0 Å². The maximum Gasteiger partial charge on any atom is 0.306 e. The molecular weight excluding hydrogens is 134 g/mol. The van der Waals surface area contributed by atoms with E-state index in [1.807, 2.05) is 0 Å². The van der Waals surface area contributed by atoms with E-state index < -0.39 is 6.10 Å². The number of carbonyl (C=O) groups is 2. The van der Waals surface area contributed by atoms with Gasteiger partial charge in [-0.3, -0.25) is 9.59 Å². The summed E-state index contributed by atoms with van der Waals surface area (Å²) in [6.07, 6.45) is 0.692. The van der Waals surface area contributed by atoms with Crippen LogP contribution in [0.4, 0.5) is 0 Å². The molecule has 2 aliphatic rings. The van der Waals surface area contributed by atoms with Crippen LogP contribution in [-0.4, -0.2) is 24.0 Å². The summed E-state index contributed by atoms with van der Waals surface area (Å²) in [6.45, 7) is 0. The molecular formula is C6H7NO3. The van der Waals surface area contributed by atoms with Gasteiger partial charge in [-0.2, -0.15) is 0 Å². The molecule has 4 nitrogen and oxygen atoms in total. The first kappa shape index (κ1) is 5.70. The third-order valence-corrected chi connectivity index (χ3v) is 1.87. The first-order chi connectivity index (χ1) is 4.77. The second-order valence-electron chi connectivity index (χ2n) is 2.56. The first-order valence-electron chi connectivity index (χ1n) is 3.27. The van der Waals surface area contributed by atoms with Gasteiger partial charge in [0.2, 0.25) is 0 Å². The minimum absolute atomic E-state index is 0.102. The van der Waals surface area contributed by atoms with E-state index in [1.165, 1.54) is 0 Å². The van der Waals surface area contributed by atoms with Crippen LogP contribution in [0.25, 0.3) is 0 Å². The summed E-state index contributed by atoms with van der Waals surface area (Å²) < 4.78 is 4.75. The second-order valence-corrected chi connectivity index (χ2v) is 2.56. The van der Waals surface area contributed by atoms with Crippen LogP contribution in [0, 0.1) is 0 Å². The van der Waals surface area contributed by atoms with Crippen LogP contribution >= 0.6 is 0 Å². The fourth-order valence-corrected chi connectivity index (χ4v) is 1.26. The highest BCUT2D eigenvalue weighted by molar-refractivity contribution is 5.91. The molecule has 2 aliphatic heterocycles. The van der Waals surface area contributed by atoms with Crippen molar-refractivity contribution in [2.24, 2.45) is 0 Å². The highest BCUT2D eigenvalue weighted by Crippen LogP contribution is 2.21. The summed E-state index contributed by atoms with van der Waals surface area (Å²) in [6, 6.07) is 0.102. The summed E-state index contributed by atoms with van der Waals surface area (Å²) in [5.41, 5.74) is 0. The lowest BCUT2D eigenvalue weighted by atomic mass is 9.95. The fourth-order valence-electron chi connectivity index (χ4n) is 1.26. The Labute approximate surface area is 57.5 Å². The van der Waals surface area contributed by atoms with Crippen LogP contribution < -0.4 is 5.32 Å². The zero-order valence-corrected chi connectivity index (χ0v) is 5.29. The average molecular weight is 141 g/mol. The third-order valence-electron chi connectivity index (χ3n) is 1.87. The summed E-state index contributed by atoms with van der Waals surface area (Å²) in [5.74, 6) is -0.408. The van der Waals surface area contributed by atoms with E-state index in [4.69, 9.17) is 4.74 Å². The maximum absolute atomic E-state index is 10.6. The molecule has 0 radical (unpaired) electrons. The van der Waals surface area contributed by atoms with Crippen LogP contribution in [0.1, 0.15) is 12.8 Å². The number of carbonyl (C=O) groups excluding carboxylic acids is 2. The number of ether oxygens (including phenoxy) is 1. The number of rotatable bonds is 0. The van der Waals surface area contributed by atoms with Gasteiger partial charge in [0.05, 0.1) is 6.04 Å². The zero-order valence-electron chi connectivity index (χ0n) is 5.29. The average Bonchev–Trinajstić information content (AvgIpc) is 1.92. The largest absolute Gasteiger partial charge is 0.450 e. The number of hydrogen-bond acceptors (Lipinski definition) is 3. The predicted molar refractivity (Wildman–Crippen MR) is 31.0 cm³/mol. The van der Waals surface area contributed by atoms with E-state index >= 15 is 0 Å². The number of β-lactam (4-membered cyclic amide) rings is 1. The van der Waals surface area contributed by atoms with Gasteiger partial charge >= 0.3 is 5.97 Å². The van der Waals surface area contributed by atoms with Crippen LogP contribution in [0.2, 0.25) is 0 Å². The molecule has 0 aliphatic carbocycles. The standard InChI is InChI=1S/C6H7NO3/c8-4-2-1-3-5(10-4)6(9)7-3/h3,5H,1-2H2,(H,7,9)/t3-,5+/m1/s1. The van der Waals surface area contributed by atoms with Crippen molar-refractivity contribution < 1.29 is 14.3 Å². The van der Waals surface area contributed by atoms with E-state index in [1.54, 1.807) is 0 Å². The minimum atomic E-state index is -0.471. The highest BCUT2D eigenvalue weighted by atomic mass is 16.6. The molecule has 2 rings (SSSR count). The molecule has 10 heavy (non-hydrogen) atoms. The van der Waals surface area contributed by atoms with Gasteiger partial charge in [-0.25, -0.2) is 0 Å². The molecule has 0 aromatic rings. The summed E-state index contributed by atoms with van der Waals surface area (Å²) in [5, 5.41) is 2.65. The number of amides is 1. The highest BCUT2D eigenvalue weighted by Gasteiger charge is 2.45. The Balaban J connectivity index is 2.07. The van der Waals surface area contributed by atoms with Crippen LogP contribution in [0.3, 0.4) is 0 Å². The monoisotopic (exact) mass is 141 g/mol. The fraction of sp³-hybridized carbons (Fsp3) is 0.667. The van der Waals surface area contributed by atoms with Crippen molar-refractivity contribution in [1.82, 2.24) is 5.32 Å². The Bertz CT molecular complexity index is 195. The van der Waals surface area contributed by atoms with Gasteiger partial charge in [-0.15, -0.1) is 0 Å². The van der Waals surface area contributed by atoms with Gasteiger partial charge in [0, 0.05) is 6.42 Å². The number of fused-ring (bicyclic) bond motifs is 1. The smallest absolute Gasteiger partial charge is 0.306 e. The normalized spacial score (nSPS) is 37.2. The first-order valence-corrected chi connectivity index (χ1v) is 3.27. The van der Waals surface area contributed by atoms with E-state index in [0.29, 0.717) is 6.42 Å². The summed E-state index contributed by atoms with van der Waals surface area (Å²) in [4.78, 5) is 21.2. The lowest BCUT2D eigenvalue weighted by Gasteiger charge is -2.38. The topological polar surface area (TPSA) is 55.4 Å². The van der Waals surface area contributed by atoms with Crippen molar-refractivity contribution in [3.8, 4) is 0 Å². The number of hydrogen-bond donors (Lipinski definition) is 1. The molecule has 0 spiro atoms. The molecule has 54 valence electrons. The molecule has 0 aromatic carbocycles. The van der Waals surface area contributed by atoms with Gasteiger partial charge in [-0.1, -0.05) is 0 Å². The molecule has 2 atom stereocenters. The SMILES string of the molecule is O=C1CC[C@H]2NC(=O)[C@H]2O1. The lowest BCUT2D eigenvalue weighted by molar-refractivity contribution is -0.172. The van der Waals surface area contributed by atoms with Crippen molar-refractivity contribution >= 4 is 11.9 Å². The Kier molecular flexibility index (Phi) is 0.977. The summed E-state index contributed by atoms with van der Waals surface area (Å²) >= 11 is 0. The van der Waals surface area contributed by atoms with Crippen LogP contribution in [0.15, 0.2) is 0 Å². The predicted octanol–water partition coefficient (Wildman–Crippen LogP) is -0.810. The van der Waals surface area contributed by atoms with E-state index in [-0.39, 0.29) is 17.9 Å². The van der Waals surface area contributed by atoms with Gasteiger partial charge in [0.25, 0.3) is 5.91 Å². The number of nitrogens with one attached hydrogen (secondary N) is 1. The molecule has 1 N–H and O–H groups in total. The van der Waals surface area contributed by atoms with Gasteiger partial charge in [0.1, 0.15) is 0 Å². The van der Waals surface area contributed by atoms with Gasteiger partial charge in [0.15, 0.2) is 6.10 Å². The quantitative estimate of drug-likeness (QED) is 0.354. The van der Waals surface area contributed by atoms with Crippen molar-refractivity contribution in [1.29, 1.82) is 0 Å². The van der Waals surface area contributed by atoms with Gasteiger partial charge < -0.3 is 10.1 Å². The minimum Gasteiger partial charge on any atom is -0.450 e. The number of esters is 1. The molecule has 2 saturated heterocycles. The molecule has 0 saturated carbocycles. The third kappa shape index (κ3) is 0.616. The maximum atomic E-state index is 10.6. The molecule has 2 fully saturated rings. The Morgan fingerprint density at radius 1 is 1.50 bits per heavy atom. The Hall–Kier alpha value is -1.06. The molecule has 0 unspecified atom stereocenters. The Morgan fingerprint density at radius 3 is 2.90 bits per heavy atom. The van der Waals surface area contributed by atoms with E-state index in [2.05, 4.69) is 5.32 Å². The van der Waals surface area contributed by atoms with Crippen molar-refractivity contribution in [2.45, 2.75) is 25.0 Å². The molecule has 4 heteroatoms. The van der Waals surface area contributed by atoms with Crippen LogP contribution in [0.5, 0.6) is 0 Å². The lowest BCUT2D eigenvalue weighted by Crippen LogP contribution is -2.65. The van der Waals surface area contributed by atoms with Crippen molar-refractivity contribution in [3.63, 3.8) is 0 Å². The molecule has 0 aromatic heterocycles. The van der Waals surface area contributed by atoms with Crippen molar-refractivity contribution in [3.05, 3.63) is 0 Å². The zero-order chi connectivity index (χ0) is 7.14. The Morgan fingerprint density at radius 2 is 2.30 bits per heavy atom. The molecule has 0 bridgehead atoms. The molecule has 2 heterocycles. The second kappa shape index (κ2) is 1.71. The van der Waals surface area contributed by atoms with Gasteiger partial charge in [-0.05, 0) is 6.42 Å². The van der Waals surface area contributed by atoms with Crippen LogP contribution in [-0.2, 0) is 14.3 Å². The summed E-state index contributed by atoms with van der Waals surface area (Å²) in [7, 11) is 0. The van der Waals surface area contributed by atoms with E-state index in [0.717, 1.165) is 6.42 Å².